The normalized spacial score (nSPS) is 16.4. The number of carbonyl (C=O) groups is 1. The lowest BCUT2D eigenvalue weighted by Gasteiger charge is -2.32. The molecule has 0 aliphatic carbocycles. The van der Waals surface area contributed by atoms with Crippen LogP contribution in [0.4, 0.5) is 11.4 Å². The number of anilines is 2. The second-order valence-electron chi connectivity index (χ2n) is 4.74. The Morgan fingerprint density at radius 1 is 1.53 bits per heavy atom. The third-order valence-corrected chi connectivity index (χ3v) is 3.30. The van der Waals surface area contributed by atoms with Crippen molar-refractivity contribution in [1.82, 2.24) is 0 Å². The van der Waals surface area contributed by atoms with Crippen LogP contribution in [0.15, 0.2) is 18.2 Å². The smallest absolute Gasteiger partial charge is 0.222 e. The molecule has 0 radical (unpaired) electrons. The first kappa shape index (κ1) is 11.8. The van der Waals surface area contributed by atoms with Crippen LogP contribution in [0.2, 0.25) is 0 Å². The molecular weight excluding hydrogens is 214 g/mol. The predicted octanol–water partition coefficient (Wildman–Crippen LogP) is 1.14. The number of nitrogen functional groups attached to an aromatic ring is 1. The molecule has 0 aromatic heterocycles. The quantitative estimate of drug-likeness (QED) is 0.769. The van der Waals surface area contributed by atoms with Crippen LogP contribution in [0.25, 0.3) is 0 Å². The van der Waals surface area contributed by atoms with E-state index in [-0.39, 0.29) is 11.8 Å². The molecule has 1 amide bonds. The maximum Gasteiger partial charge on any atom is 0.222 e. The minimum Gasteiger partial charge on any atom is -0.399 e. The lowest BCUT2D eigenvalue weighted by atomic mass is 9.99. The van der Waals surface area contributed by atoms with Crippen molar-refractivity contribution < 1.29 is 4.79 Å². The monoisotopic (exact) mass is 233 g/mol. The van der Waals surface area contributed by atoms with Crippen molar-refractivity contribution >= 4 is 17.3 Å². The Balaban J connectivity index is 2.22. The summed E-state index contributed by atoms with van der Waals surface area (Å²) in [6, 6.07) is 5.99. The second-order valence-corrected chi connectivity index (χ2v) is 4.74. The summed E-state index contributed by atoms with van der Waals surface area (Å²) in [6.07, 6.45) is 2.19. The number of aryl methyl sites for hydroxylation is 1. The summed E-state index contributed by atoms with van der Waals surface area (Å²) < 4.78 is 0. The summed E-state index contributed by atoms with van der Waals surface area (Å²) in [7, 11) is 0. The number of hydrogen-bond acceptors (Lipinski definition) is 3. The molecule has 0 bridgehead atoms. The molecule has 0 spiro atoms. The van der Waals surface area contributed by atoms with Gasteiger partial charge in [-0.15, -0.1) is 0 Å². The van der Waals surface area contributed by atoms with E-state index in [2.05, 4.69) is 11.0 Å². The van der Waals surface area contributed by atoms with Gasteiger partial charge in [-0.3, -0.25) is 4.79 Å². The van der Waals surface area contributed by atoms with Crippen molar-refractivity contribution in [3.63, 3.8) is 0 Å². The van der Waals surface area contributed by atoms with Crippen LogP contribution in [0.5, 0.6) is 0 Å². The van der Waals surface area contributed by atoms with Crippen molar-refractivity contribution in [2.24, 2.45) is 11.7 Å². The van der Waals surface area contributed by atoms with Crippen molar-refractivity contribution in [2.45, 2.75) is 19.8 Å². The summed E-state index contributed by atoms with van der Waals surface area (Å²) in [6.45, 7) is 3.50. The molecule has 1 heterocycles. The minimum absolute atomic E-state index is 0.137. The largest absolute Gasteiger partial charge is 0.399 e. The standard InChI is InChI=1S/C13H19N3O/c1-9(13(15)17)8-16-6-2-3-10-4-5-11(14)7-12(10)16/h4-5,7,9H,2-3,6,8,14H2,1H3,(H2,15,17). The highest BCUT2D eigenvalue weighted by Crippen LogP contribution is 2.29. The van der Waals surface area contributed by atoms with Crippen molar-refractivity contribution in [2.75, 3.05) is 23.7 Å². The highest BCUT2D eigenvalue weighted by atomic mass is 16.1. The van der Waals surface area contributed by atoms with Gasteiger partial charge in [0.2, 0.25) is 5.91 Å². The molecule has 0 saturated heterocycles. The average molecular weight is 233 g/mol. The molecule has 2 rings (SSSR count). The fourth-order valence-corrected chi connectivity index (χ4v) is 2.28. The highest BCUT2D eigenvalue weighted by molar-refractivity contribution is 5.77. The van der Waals surface area contributed by atoms with E-state index in [1.165, 1.54) is 5.56 Å². The van der Waals surface area contributed by atoms with E-state index in [9.17, 15) is 4.79 Å². The van der Waals surface area contributed by atoms with E-state index in [0.717, 1.165) is 30.8 Å². The van der Waals surface area contributed by atoms with Crippen LogP contribution < -0.4 is 16.4 Å². The van der Waals surface area contributed by atoms with Crippen LogP contribution >= 0.6 is 0 Å². The van der Waals surface area contributed by atoms with Crippen molar-refractivity contribution in [3.8, 4) is 0 Å². The number of benzene rings is 1. The summed E-state index contributed by atoms with van der Waals surface area (Å²) in [5.41, 5.74) is 14.4. The van der Waals surface area contributed by atoms with Crippen LogP contribution in [0.3, 0.4) is 0 Å². The first-order chi connectivity index (χ1) is 8.08. The molecule has 1 aliphatic heterocycles. The molecule has 1 aromatic rings. The van der Waals surface area contributed by atoms with E-state index in [0.29, 0.717) is 6.54 Å². The van der Waals surface area contributed by atoms with Gasteiger partial charge in [0.25, 0.3) is 0 Å². The average Bonchev–Trinajstić information content (AvgIpc) is 2.29. The number of primary amides is 1. The minimum atomic E-state index is -0.249. The highest BCUT2D eigenvalue weighted by Gasteiger charge is 2.20. The van der Waals surface area contributed by atoms with Gasteiger partial charge in [-0.25, -0.2) is 0 Å². The van der Waals surface area contributed by atoms with Gasteiger partial charge < -0.3 is 16.4 Å². The number of nitrogens with two attached hydrogens (primary N) is 2. The van der Waals surface area contributed by atoms with Gasteiger partial charge in [0.15, 0.2) is 0 Å². The molecule has 1 aliphatic rings. The van der Waals surface area contributed by atoms with Crippen LogP contribution in [-0.4, -0.2) is 19.0 Å². The van der Waals surface area contributed by atoms with Gasteiger partial charge in [-0.1, -0.05) is 13.0 Å². The topological polar surface area (TPSA) is 72.3 Å². The van der Waals surface area contributed by atoms with Gasteiger partial charge in [-0.05, 0) is 30.5 Å². The molecule has 0 saturated carbocycles. The number of nitrogens with zero attached hydrogens (tertiary/aromatic N) is 1. The van der Waals surface area contributed by atoms with E-state index in [1.54, 1.807) is 0 Å². The number of rotatable bonds is 3. The van der Waals surface area contributed by atoms with Crippen molar-refractivity contribution in [1.29, 1.82) is 0 Å². The Morgan fingerprint density at radius 3 is 3.00 bits per heavy atom. The molecule has 17 heavy (non-hydrogen) atoms. The molecule has 4 heteroatoms. The fourth-order valence-electron chi connectivity index (χ4n) is 2.28. The van der Waals surface area contributed by atoms with Crippen molar-refractivity contribution in [3.05, 3.63) is 23.8 Å². The van der Waals surface area contributed by atoms with Gasteiger partial charge >= 0.3 is 0 Å². The maximum absolute atomic E-state index is 11.1. The zero-order valence-electron chi connectivity index (χ0n) is 10.1. The van der Waals surface area contributed by atoms with Crippen LogP contribution in [0, 0.1) is 5.92 Å². The van der Waals surface area contributed by atoms with E-state index in [1.807, 2.05) is 19.1 Å². The predicted molar refractivity (Wildman–Crippen MR) is 69.7 cm³/mol. The molecule has 1 unspecified atom stereocenters. The van der Waals surface area contributed by atoms with E-state index in [4.69, 9.17) is 11.5 Å². The van der Waals surface area contributed by atoms with Crippen LogP contribution in [0.1, 0.15) is 18.9 Å². The first-order valence-corrected chi connectivity index (χ1v) is 6.00. The summed E-state index contributed by atoms with van der Waals surface area (Å²) in [5, 5.41) is 0. The van der Waals surface area contributed by atoms with Crippen LogP contribution in [-0.2, 0) is 11.2 Å². The molecule has 0 fully saturated rings. The molecule has 1 atom stereocenters. The lowest BCUT2D eigenvalue weighted by Crippen LogP contribution is -2.37. The summed E-state index contributed by atoms with van der Waals surface area (Å²) in [4.78, 5) is 13.3. The summed E-state index contributed by atoms with van der Waals surface area (Å²) in [5.74, 6) is -0.386. The molecule has 4 N–H and O–H groups in total. The molecule has 92 valence electrons. The zero-order valence-corrected chi connectivity index (χ0v) is 10.1. The fraction of sp³-hybridized carbons (Fsp3) is 0.462. The SMILES string of the molecule is CC(CN1CCCc2ccc(N)cc21)C(N)=O. The Kier molecular flexibility index (Phi) is 3.22. The number of hydrogen-bond donors (Lipinski definition) is 2. The molecular formula is C13H19N3O. The maximum atomic E-state index is 11.1. The Morgan fingerprint density at radius 2 is 2.29 bits per heavy atom. The lowest BCUT2D eigenvalue weighted by molar-refractivity contribution is -0.121. The van der Waals surface area contributed by atoms with Gasteiger partial charge in [-0.2, -0.15) is 0 Å². The number of fused-ring (bicyclic) bond motifs is 1. The second kappa shape index (κ2) is 4.65. The Labute approximate surface area is 102 Å². The third-order valence-electron chi connectivity index (χ3n) is 3.30. The zero-order chi connectivity index (χ0) is 12.4. The number of carbonyl (C=O) groups excluding carboxylic acids is 1. The molecule has 1 aromatic carbocycles. The van der Waals surface area contributed by atoms with E-state index >= 15 is 0 Å². The van der Waals surface area contributed by atoms with E-state index < -0.39 is 0 Å². The first-order valence-electron chi connectivity index (χ1n) is 6.00. The Bertz CT molecular complexity index is 431. The number of amides is 1. The van der Waals surface area contributed by atoms with Gasteiger partial charge in [0.05, 0.1) is 5.92 Å². The van der Waals surface area contributed by atoms with Gasteiger partial charge in [0.1, 0.15) is 0 Å². The Hall–Kier alpha value is -1.71. The van der Waals surface area contributed by atoms with Gasteiger partial charge in [0, 0.05) is 24.5 Å². The summed E-state index contributed by atoms with van der Waals surface area (Å²) >= 11 is 0. The molecule has 4 nitrogen and oxygen atoms in total. The third kappa shape index (κ3) is 2.52.